The maximum Gasteiger partial charge on any atom is 0.468 e. The average Bonchev–Trinajstić information content (AvgIpc) is 2.71. The zero-order valence-corrected chi connectivity index (χ0v) is 11.1. The molecule has 0 saturated carbocycles. The Kier molecular flexibility index (Phi) is 4.96. The van der Waals surface area contributed by atoms with Gasteiger partial charge in [-0.05, 0) is 25.2 Å². The van der Waals surface area contributed by atoms with Crippen LogP contribution in [0, 0.1) is 0 Å². The van der Waals surface area contributed by atoms with E-state index in [9.17, 15) is 18.0 Å². The van der Waals surface area contributed by atoms with Gasteiger partial charge in [-0.1, -0.05) is 0 Å². The van der Waals surface area contributed by atoms with E-state index in [1.54, 1.807) is 7.05 Å². The summed E-state index contributed by atoms with van der Waals surface area (Å²) in [5.41, 5.74) is 0.406. The minimum Gasteiger partial charge on any atom is -0.433 e. The van der Waals surface area contributed by atoms with Crippen molar-refractivity contribution in [3.8, 4) is 0 Å². The van der Waals surface area contributed by atoms with E-state index in [4.69, 9.17) is 0 Å². The molecule has 0 fully saturated rings. The number of halogens is 4. The van der Waals surface area contributed by atoms with Gasteiger partial charge in [0.25, 0.3) is 0 Å². The normalized spacial score (nSPS) is 11.2. The lowest BCUT2D eigenvalue weighted by Crippen LogP contribution is -2.24. The second-order valence-corrected chi connectivity index (χ2v) is 3.78. The maximum absolute atomic E-state index is 12.4. The lowest BCUT2D eigenvalue weighted by Gasteiger charge is -2.03. The van der Waals surface area contributed by atoms with Crippen molar-refractivity contribution in [2.45, 2.75) is 6.18 Å². The molecule has 0 aliphatic heterocycles. The van der Waals surface area contributed by atoms with Crippen molar-refractivity contribution < 1.29 is 22.4 Å². The van der Waals surface area contributed by atoms with Crippen LogP contribution >= 0.6 is 12.4 Å². The topological polar surface area (TPSA) is 67.2 Å². The number of benzene rings is 1. The summed E-state index contributed by atoms with van der Waals surface area (Å²) in [4.78, 5) is 14.7. The molecule has 0 spiro atoms. The molecule has 1 heterocycles. The molecule has 20 heavy (non-hydrogen) atoms. The molecule has 5 nitrogen and oxygen atoms in total. The molecule has 0 radical (unpaired) electrons. The van der Waals surface area contributed by atoms with Crippen LogP contribution in [0.1, 0.15) is 5.89 Å². The Morgan fingerprint density at radius 2 is 2.10 bits per heavy atom. The lowest BCUT2D eigenvalue weighted by molar-refractivity contribution is -0.156. The number of aromatic nitrogens is 1. The molecule has 1 aromatic carbocycles. The van der Waals surface area contributed by atoms with Gasteiger partial charge in [-0.3, -0.25) is 4.79 Å². The lowest BCUT2D eigenvalue weighted by atomic mass is 10.3. The van der Waals surface area contributed by atoms with Gasteiger partial charge in [0.15, 0.2) is 5.58 Å². The highest BCUT2D eigenvalue weighted by molar-refractivity contribution is 5.94. The smallest absolute Gasteiger partial charge is 0.433 e. The van der Waals surface area contributed by atoms with Crippen LogP contribution in [0.2, 0.25) is 0 Å². The molecule has 2 rings (SSSR count). The average molecular weight is 310 g/mol. The first-order chi connectivity index (χ1) is 8.90. The number of rotatable bonds is 3. The highest BCUT2D eigenvalue weighted by Crippen LogP contribution is 2.31. The molecule has 1 aromatic heterocycles. The van der Waals surface area contributed by atoms with Crippen LogP contribution in [-0.4, -0.2) is 24.5 Å². The first kappa shape index (κ1) is 16.3. The number of oxazole rings is 1. The van der Waals surface area contributed by atoms with Gasteiger partial charge in [0, 0.05) is 5.69 Å². The summed E-state index contributed by atoms with van der Waals surface area (Å²) in [6.07, 6.45) is -4.63. The van der Waals surface area contributed by atoms with Gasteiger partial charge in [-0.2, -0.15) is 13.2 Å². The van der Waals surface area contributed by atoms with Crippen molar-refractivity contribution in [3.05, 3.63) is 24.1 Å². The quantitative estimate of drug-likeness (QED) is 0.914. The van der Waals surface area contributed by atoms with E-state index in [2.05, 4.69) is 20.0 Å². The number of anilines is 1. The predicted octanol–water partition coefficient (Wildman–Crippen LogP) is 2.43. The van der Waals surface area contributed by atoms with Crippen molar-refractivity contribution in [2.24, 2.45) is 0 Å². The van der Waals surface area contributed by atoms with E-state index in [1.807, 2.05) is 0 Å². The van der Waals surface area contributed by atoms with Crippen LogP contribution in [-0.2, 0) is 11.0 Å². The van der Waals surface area contributed by atoms with Crippen LogP contribution in [0.25, 0.3) is 11.1 Å². The Labute approximate surface area is 117 Å². The Morgan fingerprint density at radius 1 is 1.40 bits per heavy atom. The van der Waals surface area contributed by atoms with Crippen molar-refractivity contribution in [3.63, 3.8) is 0 Å². The molecule has 0 unspecified atom stereocenters. The van der Waals surface area contributed by atoms with E-state index in [0.29, 0.717) is 5.69 Å². The van der Waals surface area contributed by atoms with Gasteiger partial charge in [0.2, 0.25) is 5.91 Å². The number of carbonyl (C=O) groups excluding carboxylic acids is 1. The highest BCUT2D eigenvalue weighted by atomic mass is 35.5. The number of amides is 1. The fraction of sp³-hybridized carbons (Fsp3) is 0.273. The van der Waals surface area contributed by atoms with Crippen LogP contribution < -0.4 is 10.6 Å². The third kappa shape index (κ3) is 3.61. The highest BCUT2D eigenvalue weighted by Gasteiger charge is 2.37. The second kappa shape index (κ2) is 6.10. The van der Waals surface area contributed by atoms with Gasteiger partial charge in [-0.15, -0.1) is 12.4 Å². The number of alkyl halides is 3. The maximum atomic E-state index is 12.4. The van der Waals surface area contributed by atoms with E-state index in [0.717, 1.165) is 0 Å². The third-order valence-electron chi connectivity index (χ3n) is 2.25. The predicted molar refractivity (Wildman–Crippen MR) is 68.8 cm³/mol. The summed E-state index contributed by atoms with van der Waals surface area (Å²) >= 11 is 0. The number of hydrogen-bond donors (Lipinski definition) is 2. The Balaban J connectivity index is 0.00000200. The molecule has 0 saturated heterocycles. The molecular formula is C11H11ClF3N3O2. The zero-order valence-electron chi connectivity index (χ0n) is 10.2. The van der Waals surface area contributed by atoms with Crippen LogP contribution in [0.5, 0.6) is 0 Å². The number of carbonyl (C=O) groups is 1. The van der Waals surface area contributed by atoms with E-state index in [1.165, 1.54) is 18.2 Å². The van der Waals surface area contributed by atoms with Gasteiger partial charge in [0.1, 0.15) is 5.52 Å². The summed E-state index contributed by atoms with van der Waals surface area (Å²) in [7, 11) is 1.61. The molecule has 0 atom stereocenters. The summed E-state index contributed by atoms with van der Waals surface area (Å²) in [5, 5.41) is 5.17. The fourth-order valence-corrected chi connectivity index (χ4v) is 1.49. The van der Waals surface area contributed by atoms with E-state index in [-0.39, 0.29) is 36.0 Å². The largest absolute Gasteiger partial charge is 0.468 e. The minimum absolute atomic E-state index is 0. The fourth-order valence-electron chi connectivity index (χ4n) is 1.49. The molecule has 9 heteroatoms. The minimum atomic E-state index is -4.63. The summed E-state index contributed by atoms with van der Waals surface area (Å²) < 4.78 is 41.8. The molecule has 1 amide bonds. The number of nitrogens with zero attached hydrogens (tertiary/aromatic N) is 1. The molecular weight excluding hydrogens is 299 g/mol. The Hall–Kier alpha value is -1.80. The molecule has 2 N–H and O–H groups in total. The zero-order chi connectivity index (χ0) is 14.0. The Bertz CT molecular complexity index is 612. The Morgan fingerprint density at radius 3 is 2.70 bits per heavy atom. The van der Waals surface area contributed by atoms with Crippen molar-refractivity contribution >= 4 is 35.1 Å². The summed E-state index contributed by atoms with van der Waals surface area (Å²) in [6.45, 7) is 0.102. The van der Waals surface area contributed by atoms with Crippen LogP contribution in [0.15, 0.2) is 22.6 Å². The van der Waals surface area contributed by atoms with Crippen molar-refractivity contribution in [1.29, 1.82) is 0 Å². The van der Waals surface area contributed by atoms with Crippen molar-refractivity contribution in [2.75, 3.05) is 18.9 Å². The molecule has 0 aliphatic carbocycles. The third-order valence-corrected chi connectivity index (χ3v) is 2.25. The van der Waals surface area contributed by atoms with E-state index < -0.39 is 12.1 Å². The molecule has 110 valence electrons. The number of fused-ring (bicyclic) bond motifs is 1. The number of likely N-dealkylation sites (N-methyl/N-ethyl adjacent to an activating group) is 1. The van der Waals surface area contributed by atoms with Gasteiger partial charge in [-0.25, -0.2) is 4.98 Å². The van der Waals surface area contributed by atoms with Gasteiger partial charge >= 0.3 is 12.1 Å². The summed E-state index contributed by atoms with van der Waals surface area (Å²) in [6, 6.07) is 4.09. The monoisotopic (exact) mass is 309 g/mol. The SMILES string of the molecule is CNCC(=O)Nc1ccc2oc(C(F)(F)F)nc2c1.Cl. The first-order valence-corrected chi connectivity index (χ1v) is 5.32. The van der Waals surface area contributed by atoms with Crippen molar-refractivity contribution in [1.82, 2.24) is 10.3 Å². The second-order valence-electron chi connectivity index (χ2n) is 3.78. The van der Waals surface area contributed by atoms with E-state index >= 15 is 0 Å². The van der Waals surface area contributed by atoms with Gasteiger partial charge in [0.05, 0.1) is 6.54 Å². The molecule has 2 aromatic rings. The van der Waals surface area contributed by atoms with Crippen LogP contribution in [0.4, 0.5) is 18.9 Å². The molecule has 0 bridgehead atoms. The number of hydrogen-bond acceptors (Lipinski definition) is 4. The summed E-state index contributed by atoms with van der Waals surface area (Å²) in [5.74, 6) is -1.61. The first-order valence-electron chi connectivity index (χ1n) is 5.32. The van der Waals surface area contributed by atoms with Gasteiger partial charge < -0.3 is 15.1 Å². The standard InChI is InChI=1S/C11H10F3N3O2.ClH/c1-15-5-9(18)16-6-2-3-8-7(4-6)17-10(19-8)11(12,13)14;/h2-4,15H,5H2,1H3,(H,16,18);1H. The molecule has 0 aliphatic rings. The number of nitrogens with one attached hydrogen (secondary N) is 2. The van der Waals surface area contributed by atoms with Crippen LogP contribution in [0.3, 0.4) is 0 Å².